The highest BCUT2D eigenvalue weighted by Crippen LogP contribution is 2.38. The Balaban J connectivity index is 1.29. The SMILES string of the molecule is O=C(CSCC(=O)N1CCCC1c1ccc2c(c1)OCCO2)Nc1ccc(F)cc1. The number of anilines is 1. The van der Waals surface area contributed by atoms with E-state index >= 15 is 0 Å². The first-order chi connectivity index (χ1) is 14.6. The molecule has 1 fully saturated rings. The molecule has 0 spiro atoms. The van der Waals surface area contributed by atoms with Crippen molar-refractivity contribution in [1.82, 2.24) is 4.90 Å². The molecule has 2 aliphatic heterocycles. The van der Waals surface area contributed by atoms with Gasteiger partial charge >= 0.3 is 0 Å². The number of carbonyl (C=O) groups excluding carboxylic acids is 2. The van der Waals surface area contributed by atoms with Gasteiger partial charge in [-0.15, -0.1) is 11.8 Å². The average molecular weight is 431 g/mol. The van der Waals surface area contributed by atoms with E-state index in [1.165, 1.54) is 36.0 Å². The van der Waals surface area contributed by atoms with E-state index in [0.717, 1.165) is 29.9 Å². The van der Waals surface area contributed by atoms with Crippen molar-refractivity contribution in [3.63, 3.8) is 0 Å². The highest BCUT2D eigenvalue weighted by atomic mass is 32.2. The van der Waals surface area contributed by atoms with Crippen LogP contribution in [-0.4, -0.2) is 48.0 Å². The summed E-state index contributed by atoms with van der Waals surface area (Å²) in [6.07, 6.45) is 1.85. The van der Waals surface area contributed by atoms with Crippen LogP contribution in [0.25, 0.3) is 0 Å². The molecule has 2 amide bonds. The van der Waals surface area contributed by atoms with E-state index in [4.69, 9.17) is 9.47 Å². The molecule has 1 atom stereocenters. The van der Waals surface area contributed by atoms with Crippen LogP contribution in [0.3, 0.4) is 0 Å². The zero-order valence-electron chi connectivity index (χ0n) is 16.4. The van der Waals surface area contributed by atoms with Crippen molar-refractivity contribution < 1.29 is 23.5 Å². The summed E-state index contributed by atoms with van der Waals surface area (Å²) in [5, 5.41) is 2.70. The Kier molecular flexibility index (Phi) is 6.42. The zero-order chi connectivity index (χ0) is 20.9. The van der Waals surface area contributed by atoms with Gasteiger partial charge in [0.1, 0.15) is 19.0 Å². The number of hydrogen-bond donors (Lipinski definition) is 1. The number of amides is 2. The standard InChI is InChI=1S/C22H23FN2O4S/c23-16-4-6-17(7-5-16)24-21(26)13-30-14-22(27)25-9-1-2-18(25)15-3-8-19-20(12-15)29-11-10-28-19/h3-8,12,18H,1-2,9-11,13-14H2,(H,24,26). The molecule has 4 rings (SSSR count). The molecule has 2 aromatic carbocycles. The topological polar surface area (TPSA) is 67.9 Å². The summed E-state index contributed by atoms with van der Waals surface area (Å²) in [4.78, 5) is 26.7. The summed E-state index contributed by atoms with van der Waals surface area (Å²) in [6, 6.07) is 11.5. The fraction of sp³-hybridized carbons (Fsp3) is 0.364. The second-order valence-electron chi connectivity index (χ2n) is 7.20. The number of nitrogens with zero attached hydrogens (tertiary/aromatic N) is 1. The minimum absolute atomic E-state index is 0.0157. The van der Waals surface area contributed by atoms with Gasteiger partial charge in [-0.05, 0) is 54.8 Å². The van der Waals surface area contributed by atoms with Crippen LogP contribution < -0.4 is 14.8 Å². The number of carbonyl (C=O) groups is 2. The summed E-state index contributed by atoms with van der Waals surface area (Å²) < 4.78 is 24.2. The fourth-order valence-electron chi connectivity index (χ4n) is 3.72. The quantitative estimate of drug-likeness (QED) is 0.758. The third kappa shape index (κ3) is 4.87. The predicted octanol–water partition coefficient (Wildman–Crippen LogP) is 3.63. The molecule has 30 heavy (non-hydrogen) atoms. The molecule has 8 heteroatoms. The largest absolute Gasteiger partial charge is 0.486 e. The molecular weight excluding hydrogens is 407 g/mol. The molecule has 6 nitrogen and oxygen atoms in total. The van der Waals surface area contributed by atoms with Crippen LogP contribution in [0.1, 0.15) is 24.4 Å². The maximum Gasteiger partial charge on any atom is 0.234 e. The average Bonchev–Trinajstić information content (AvgIpc) is 3.25. The van der Waals surface area contributed by atoms with Crippen LogP contribution in [0.2, 0.25) is 0 Å². The van der Waals surface area contributed by atoms with E-state index in [2.05, 4.69) is 5.32 Å². The Morgan fingerprint density at radius 2 is 1.83 bits per heavy atom. The molecule has 158 valence electrons. The lowest BCUT2D eigenvalue weighted by Gasteiger charge is -2.26. The first-order valence-electron chi connectivity index (χ1n) is 9.92. The molecule has 2 aliphatic rings. The number of halogens is 1. The predicted molar refractivity (Wildman–Crippen MR) is 113 cm³/mol. The monoisotopic (exact) mass is 430 g/mol. The molecule has 2 aromatic rings. The van der Waals surface area contributed by atoms with Crippen molar-refractivity contribution in [2.24, 2.45) is 0 Å². The molecule has 0 aliphatic carbocycles. The molecule has 0 bridgehead atoms. The van der Waals surface area contributed by atoms with Gasteiger partial charge in [0.15, 0.2) is 11.5 Å². The summed E-state index contributed by atoms with van der Waals surface area (Å²) in [5.74, 6) is 1.31. The number of thioether (sulfide) groups is 1. The van der Waals surface area contributed by atoms with Crippen molar-refractivity contribution in [3.8, 4) is 11.5 Å². The van der Waals surface area contributed by atoms with Crippen molar-refractivity contribution in [2.75, 3.05) is 36.6 Å². The van der Waals surface area contributed by atoms with Gasteiger partial charge in [-0.1, -0.05) is 6.07 Å². The van der Waals surface area contributed by atoms with Crippen molar-refractivity contribution in [2.45, 2.75) is 18.9 Å². The molecule has 1 unspecified atom stereocenters. The maximum atomic E-state index is 12.9. The molecule has 0 aromatic heterocycles. The molecule has 0 saturated carbocycles. The van der Waals surface area contributed by atoms with Crippen LogP contribution in [-0.2, 0) is 9.59 Å². The Hall–Kier alpha value is -2.74. The van der Waals surface area contributed by atoms with E-state index in [9.17, 15) is 14.0 Å². The number of fused-ring (bicyclic) bond motifs is 1. The lowest BCUT2D eigenvalue weighted by molar-refractivity contribution is -0.129. The highest BCUT2D eigenvalue weighted by molar-refractivity contribution is 8.00. The molecule has 2 heterocycles. The second-order valence-corrected chi connectivity index (χ2v) is 8.18. The fourth-order valence-corrected chi connectivity index (χ4v) is 4.42. The van der Waals surface area contributed by atoms with Gasteiger partial charge in [0.2, 0.25) is 11.8 Å². The summed E-state index contributed by atoms with van der Waals surface area (Å²) in [5.41, 5.74) is 1.58. The lowest BCUT2D eigenvalue weighted by atomic mass is 10.0. The van der Waals surface area contributed by atoms with E-state index in [1.54, 1.807) is 0 Å². The second kappa shape index (κ2) is 9.38. The smallest absolute Gasteiger partial charge is 0.234 e. The van der Waals surface area contributed by atoms with Gasteiger partial charge < -0.3 is 19.7 Å². The van der Waals surface area contributed by atoms with E-state index in [0.29, 0.717) is 25.4 Å². The third-order valence-electron chi connectivity index (χ3n) is 5.11. The number of ether oxygens (including phenoxy) is 2. The number of nitrogens with one attached hydrogen (secondary N) is 1. The molecule has 1 saturated heterocycles. The van der Waals surface area contributed by atoms with Gasteiger partial charge in [-0.2, -0.15) is 0 Å². The summed E-state index contributed by atoms with van der Waals surface area (Å²) in [6.45, 7) is 1.78. The minimum atomic E-state index is -0.355. The summed E-state index contributed by atoms with van der Waals surface area (Å²) in [7, 11) is 0. The Bertz CT molecular complexity index is 922. The Morgan fingerprint density at radius 3 is 2.63 bits per heavy atom. The number of rotatable bonds is 6. The van der Waals surface area contributed by atoms with Crippen LogP contribution in [0.5, 0.6) is 11.5 Å². The van der Waals surface area contributed by atoms with Gasteiger partial charge in [-0.3, -0.25) is 9.59 Å². The van der Waals surface area contributed by atoms with Gasteiger partial charge in [0.05, 0.1) is 17.5 Å². The maximum absolute atomic E-state index is 12.9. The van der Waals surface area contributed by atoms with Crippen LogP contribution in [0, 0.1) is 5.82 Å². The Labute approximate surface area is 178 Å². The first kappa shape index (κ1) is 20.5. The van der Waals surface area contributed by atoms with Gasteiger partial charge in [0, 0.05) is 12.2 Å². The molecule has 0 radical (unpaired) electrons. The summed E-state index contributed by atoms with van der Waals surface area (Å²) >= 11 is 1.28. The van der Waals surface area contributed by atoms with Crippen molar-refractivity contribution in [1.29, 1.82) is 0 Å². The van der Waals surface area contributed by atoms with Crippen molar-refractivity contribution >= 4 is 29.3 Å². The van der Waals surface area contributed by atoms with E-state index < -0.39 is 0 Å². The van der Waals surface area contributed by atoms with Gasteiger partial charge in [0.25, 0.3) is 0 Å². The third-order valence-corrected chi connectivity index (χ3v) is 6.03. The zero-order valence-corrected chi connectivity index (χ0v) is 17.3. The lowest BCUT2D eigenvalue weighted by Crippen LogP contribution is -2.32. The first-order valence-corrected chi connectivity index (χ1v) is 11.1. The van der Waals surface area contributed by atoms with Crippen LogP contribution >= 0.6 is 11.8 Å². The van der Waals surface area contributed by atoms with Gasteiger partial charge in [-0.25, -0.2) is 4.39 Å². The number of benzene rings is 2. The molecule has 1 N–H and O–H groups in total. The van der Waals surface area contributed by atoms with E-state index in [1.807, 2.05) is 23.1 Å². The van der Waals surface area contributed by atoms with Crippen molar-refractivity contribution in [3.05, 3.63) is 53.8 Å². The van der Waals surface area contributed by atoms with E-state index in [-0.39, 0.29) is 35.2 Å². The number of likely N-dealkylation sites (tertiary alicyclic amines) is 1. The number of hydrogen-bond acceptors (Lipinski definition) is 5. The van der Waals surface area contributed by atoms with Crippen LogP contribution in [0.4, 0.5) is 10.1 Å². The normalized spacial score (nSPS) is 17.6. The highest BCUT2D eigenvalue weighted by Gasteiger charge is 2.30. The Morgan fingerprint density at radius 1 is 1.07 bits per heavy atom. The van der Waals surface area contributed by atoms with Crippen LogP contribution in [0.15, 0.2) is 42.5 Å². The molecular formula is C22H23FN2O4S. The minimum Gasteiger partial charge on any atom is -0.486 e.